The lowest BCUT2D eigenvalue weighted by atomic mass is 10.3. The van der Waals surface area contributed by atoms with Gasteiger partial charge in [-0.15, -0.1) is 0 Å². The molecule has 0 saturated heterocycles. The molecule has 2 N–H and O–H groups in total. The molecule has 2 aromatic rings. The zero-order valence-electron chi connectivity index (χ0n) is 15.1. The smallest absolute Gasteiger partial charge is 0.173 e. The van der Waals surface area contributed by atoms with Crippen LogP contribution in [0.1, 0.15) is 0 Å². The molecule has 0 fully saturated rings. The molecule has 2 rings (SSSR count). The maximum Gasteiger partial charge on any atom is 0.173 e. The Bertz CT molecular complexity index is 668. The third kappa shape index (κ3) is 6.82. The molecule has 0 aromatic heterocycles. The molecule has 0 radical (unpaired) electrons. The molecule has 2 aromatic carbocycles. The van der Waals surface area contributed by atoms with Gasteiger partial charge < -0.3 is 20.4 Å². The van der Waals surface area contributed by atoms with Crippen LogP contribution in [-0.4, -0.2) is 47.2 Å². The van der Waals surface area contributed by atoms with Gasteiger partial charge in [0, 0.05) is 38.6 Å². The van der Waals surface area contributed by atoms with E-state index in [1.807, 2.05) is 84.6 Å². The Labute approximate surface area is 166 Å². The molecule has 0 atom stereocenters. The van der Waals surface area contributed by atoms with E-state index in [-0.39, 0.29) is 0 Å². The van der Waals surface area contributed by atoms with E-state index in [0.29, 0.717) is 10.2 Å². The number of nitrogens with zero attached hydrogens (tertiary/aromatic N) is 2. The topological polar surface area (TPSA) is 30.5 Å². The first-order valence-electron chi connectivity index (χ1n) is 8.35. The van der Waals surface area contributed by atoms with E-state index in [4.69, 9.17) is 24.4 Å². The first kappa shape index (κ1) is 19.9. The minimum absolute atomic E-state index is 0.690. The quantitative estimate of drug-likeness (QED) is 0.573. The van der Waals surface area contributed by atoms with Crippen LogP contribution in [0.15, 0.2) is 72.8 Å². The second-order valence-electron chi connectivity index (χ2n) is 5.82. The van der Waals surface area contributed by atoms with Gasteiger partial charge in [0.2, 0.25) is 0 Å². The summed E-state index contributed by atoms with van der Waals surface area (Å²) in [5.74, 6) is 0. The molecule has 6 heteroatoms. The highest BCUT2D eigenvalue weighted by Crippen LogP contribution is 2.07. The van der Waals surface area contributed by atoms with Crippen LogP contribution in [-0.2, 0) is 0 Å². The monoisotopic (exact) mass is 384 g/mol. The summed E-state index contributed by atoms with van der Waals surface area (Å²) in [6.45, 7) is 1.46. The molecule has 0 saturated carbocycles. The molecule has 0 aliphatic carbocycles. The Morgan fingerprint density at radius 3 is 1.42 bits per heavy atom. The number of likely N-dealkylation sites (N-methyl/N-ethyl adjacent to an activating group) is 2. The summed E-state index contributed by atoms with van der Waals surface area (Å²) in [7, 11) is 3.93. The van der Waals surface area contributed by atoms with Crippen molar-refractivity contribution in [2.45, 2.75) is 0 Å². The lowest BCUT2D eigenvalue weighted by Gasteiger charge is -2.21. The molecular weight excluding hydrogens is 360 g/mol. The summed E-state index contributed by atoms with van der Waals surface area (Å²) in [5.41, 5.74) is 1.98. The molecular formula is C20H24N4S2. The Morgan fingerprint density at radius 1 is 0.731 bits per heavy atom. The van der Waals surface area contributed by atoms with Gasteiger partial charge in [0.1, 0.15) is 0 Å². The molecule has 0 bridgehead atoms. The van der Waals surface area contributed by atoms with Crippen molar-refractivity contribution in [1.82, 2.24) is 9.80 Å². The Balaban J connectivity index is 1.72. The van der Waals surface area contributed by atoms with Gasteiger partial charge in [0.05, 0.1) is 0 Å². The maximum atomic E-state index is 5.41. The Morgan fingerprint density at radius 2 is 1.08 bits per heavy atom. The van der Waals surface area contributed by atoms with E-state index in [9.17, 15) is 0 Å². The van der Waals surface area contributed by atoms with Crippen LogP contribution in [0.5, 0.6) is 0 Å². The fourth-order valence-corrected chi connectivity index (χ4v) is 2.50. The van der Waals surface area contributed by atoms with Crippen LogP contribution < -0.4 is 10.6 Å². The maximum absolute atomic E-state index is 5.41. The van der Waals surface area contributed by atoms with Crippen molar-refractivity contribution in [2.75, 3.05) is 37.8 Å². The van der Waals surface area contributed by atoms with Crippen LogP contribution in [0.25, 0.3) is 0 Å². The molecule has 0 heterocycles. The van der Waals surface area contributed by atoms with Crippen molar-refractivity contribution in [2.24, 2.45) is 0 Å². The van der Waals surface area contributed by atoms with Crippen LogP contribution in [0.4, 0.5) is 11.4 Å². The van der Waals surface area contributed by atoms with Crippen LogP contribution in [0, 0.1) is 0 Å². The number of para-hydroxylation sites is 2. The van der Waals surface area contributed by atoms with Crippen LogP contribution >= 0.6 is 24.4 Å². The fraction of sp³-hybridized carbons (Fsp3) is 0.200. The zero-order valence-corrected chi connectivity index (χ0v) is 16.7. The van der Waals surface area contributed by atoms with Gasteiger partial charge in [-0.3, -0.25) is 0 Å². The van der Waals surface area contributed by atoms with Gasteiger partial charge >= 0.3 is 0 Å². The predicted octanol–water partition coefficient (Wildman–Crippen LogP) is 4.20. The SMILES string of the molecule is CN(C/C=C/CN(C)C(=S)Nc1ccccc1)C(=S)Nc1ccccc1. The van der Waals surface area contributed by atoms with Crippen molar-refractivity contribution in [3.63, 3.8) is 0 Å². The lowest BCUT2D eigenvalue weighted by Crippen LogP contribution is -2.32. The van der Waals surface area contributed by atoms with E-state index in [1.54, 1.807) is 0 Å². The van der Waals surface area contributed by atoms with E-state index in [0.717, 1.165) is 24.5 Å². The zero-order chi connectivity index (χ0) is 18.8. The van der Waals surface area contributed by atoms with E-state index >= 15 is 0 Å². The van der Waals surface area contributed by atoms with Crippen molar-refractivity contribution in [1.29, 1.82) is 0 Å². The molecule has 0 aliphatic rings. The number of rotatable bonds is 6. The summed E-state index contributed by atoms with van der Waals surface area (Å²) in [5, 5.41) is 7.82. The molecule has 0 amide bonds. The Kier molecular flexibility index (Phi) is 8.05. The number of hydrogen-bond donors (Lipinski definition) is 2. The highest BCUT2D eigenvalue weighted by atomic mass is 32.1. The molecule has 0 spiro atoms. The lowest BCUT2D eigenvalue weighted by molar-refractivity contribution is 0.557. The van der Waals surface area contributed by atoms with Crippen LogP contribution in [0.3, 0.4) is 0 Å². The summed E-state index contributed by atoms with van der Waals surface area (Å²) in [4.78, 5) is 3.97. The number of thiocarbonyl (C=S) groups is 2. The second-order valence-corrected chi connectivity index (χ2v) is 6.60. The van der Waals surface area contributed by atoms with Gasteiger partial charge in [-0.1, -0.05) is 48.6 Å². The van der Waals surface area contributed by atoms with Crippen molar-refractivity contribution < 1.29 is 0 Å². The normalized spacial score (nSPS) is 10.4. The van der Waals surface area contributed by atoms with E-state index in [2.05, 4.69) is 22.8 Å². The summed E-state index contributed by atoms with van der Waals surface area (Å²) >= 11 is 10.8. The van der Waals surface area contributed by atoms with Gasteiger partial charge in [-0.2, -0.15) is 0 Å². The predicted molar refractivity (Wildman–Crippen MR) is 120 cm³/mol. The summed E-state index contributed by atoms with van der Waals surface area (Å²) in [6.07, 6.45) is 4.17. The molecule has 0 aliphatic heterocycles. The van der Waals surface area contributed by atoms with E-state index < -0.39 is 0 Å². The third-order valence-corrected chi connectivity index (χ3v) is 4.50. The standard InChI is InChI=1S/C20H24N4S2/c1-23(19(25)21-17-11-5-3-6-12-17)15-9-10-16-24(2)20(26)22-18-13-7-4-8-14-18/h3-14H,15-16H2,1-2H3,(H,21,25)(H,22,26)/b10-9+. The number of anilines is 2. The molecule has 26 heavy (non-hydrogen) atoms. The first-order chi connectivity index (χ1) is 12.6. The average Bonchev–Trinajstić information content (AvgIpc) is 2.66. The number of hydrogen-bond acceptors (Lipinski definition) is 2. The highest BCUT2D eigenvalue weighted by molar-refractivity contribution is 7.80. The third-order valence-electron chi connectivity index (χ3n) is 3.67. The van der Waals surface area contributed by atoms with Gasteiger partial charge in [0.25, 0.3) is 0 Å². The number of nitrogens with one attached hydrogen (secondary N) is 2. The minimum atomic E-state index is 0.690. The van der Waals surface area contributed by atoms with E-state index in [1.165, 1.54) is 0 Å². The molecule has 4 nitrogen and oxygen atoms in total. The minimum Gasteiger partial charge on any atom is -0.348 e. The summed E-state index contributed by atoms with van der Waals surface area (Å²) < 4.78 is 0. The first-order valence-corrected chi connectivity index (χ1v) is 9.17. The van der Waals surface area contributed by atoms with Crippen molar-refractivity contribution in [3.05, 3.63) is 72.8 Å². The van der Waals surface area contributed by atoms with Gasteiger partial charge in [0.15, 0.2) is 10.2 Å². The Hall–Kier alpha value is -2.44. The van der Waals surface area contributed by atoms with Gasteiger partial charge in [-0.05, 0) is 48.7 Å². The largest absolute Gasteiger partial charge is 0.348 e. The second kappa shape index (κ2) is 10.5. The molecule has 0 unspecified atom stereocenters. The average molecular weight is 385 g/mol. The highest BCUT2D eigenvalue weighted by Gasteiger charge is 2.04. The van der Waals surface area contributed by atoms with Crippen molar-refractivity contribution in [3.8, 4) is 0 Å². The summed E-state index contributed by atoms with van der Waals surface area (Å²) in [6, 6.07) is 19.8. The van der Waals surface area contributed by atoms with Gasteiger partial charge in [-0.25, -0.2) is 0 Å². The number of benzene rings is 2. The van der Waals surface area contributed by atoms with Crippen LogP contribution in [0.2, 0.25) is 0 Å². The fourth-order valence-electron chi connectivity index (χ4n) is 2.11. The van der Waals surface area contributed by atoms with Crippen molar-refractivity contribution >= 4 is 46.0 Å². The molecule has 136 valence electrons.